The number of amides is 1. The van der Waals surface area contributed by atoms with Gasteiger partial charge in [-0.3, -0.25) is 9.10 Å². The third kappa shape index (κ3) is 5.53. The van der Waals surface area contributed by atoms with Gasteiger partial charge in [0.15, 0.2) is 0 Å². The van der Waals surface area contributed by atoms with E-state index in [4.69, 9.17) is 16.3 Å². The number of ether oxygens (including phenoxy) is 1. The zero-order valence-corrected chi connectivity index (χ0v) is 19.9. The number of hydrogen-bond donors (Lipinski definition) is 1. The van der Waals surface area contributed by atoms with Crippen molar-refractivity contribution in [2.45, 2.75) is 26.3 Å². The first-order valence-corrected chi connectivity index (χ1v) is 12.6. The second-order valence-corrected chi connectivity index (χ2v) is 9.83. The summed E-state index contributed by atoms with van der Waals surface area (Å²) in [6.45, 7) is 4.05. The predicted octanol–water partition coefficient (Wildman–Crippen LogP) is 4.54. The Hall–Kier alpha value is -2.77. The molecule has 3 rings (SSSR count). The number of carbonyl (C=O) groups excluding carboxylic acids is 1. The molecular formula is C24H27ClN2O4S. The van der Waals surface area contributed by atoms with Crippen LogP contribution in [0, 0.1) is 6.92 Å². The lowest BCUT2D eigenvalue weighted by Gasteiger charge is -2.31. The van der Waals surface area contributed by atoms with Gasteiger partial charge in [0.25, 0.3) is 0 Å². The zero-order valence-electron chi connectivity index (χ0n) is 18.3. The number of anilines is 1. The van der Waals surface area contributed by atoms with Gasteiger partial charge in [-0.05, 0) is 42.5 Å². The average Bonchev–Trinajstić information content (AvgIpc) is 2.76. The van der Waals surface area contributed by atoms with Gasteiger partial charge in [-0.1, -0.05) is 61.0 Å². The van der Waals surface area contributed by atoms with E-state index in [9.17, 15) is 13.2 Å². The highest BCUT2D eigenvalue weighted by atomic mass is 35.5. The minimum absolute atomic E-state index is 0.241. The molecule has 1 N–H and O–H groups in total. The molecule has 0 radical (unpaired) electrons. The van der Waals surface area contributed by atoms with Crippen LogP contribution in [0.25, 0.3) is 10.8 Å². The molecule has 3 aromatic carbocycles. The van der Waals surface area contributed by atoms with Crippen molar-refractivity contribution >= 4 is 44.0 Å². The first kappa shape index (κ1) is 23.9. The van der Waals surface area contributed by atoms with Gasteiger partial charge in [-0.15, -0.1) is 0 Å². The van der Waals surface area contributed by atoms with E-state index in [0.717, 1.165) is 27.1 Å². The average molecular weight is 475 g/mol. The molecule has 0 aromatic heterocycles. The molecule has 0 aliphatic carbocycles. The number of halogens is 1. The van der Waals surface area contributed by atoms with Crippen LogP contribution in [0.2, 0.25) is 5.02 Å². The van der Waals surface area contributed by atoms with Crippen LogP contribution in [0.5, 0.6) is 5.75 Å². The Morgan fingerprint density at radius 3 is 2.56 bits per heavy atom. The van der Waals surface area contributed by atoms with Crippen LogP contribution in [0.4, 0.5) is 5.69 Å². The predicted molar refractivity (Wildman–Crippen MR) is 130 cm³/mol. The van der Waals surface area contributed by atoms with Crippen LogP contribution in [-0.2, 0) is 14.8 Å². The van der Waals surface area contributed by atoms with E-state index in [2.05, 4.69) is 5.32 Å². The number of sulfonamides is 1. The van der Waals surface area contributed by atoms with Gasteiger partial charge in [0.05, 0.1) is 18.5 Å². The zero-order chi connectivity index (χ0) is 23.3. The summed E-state index contributed by atoms with van der Waals surface area (Å²) in [5.41, 5.74) is 1.11. The Morgan fingerprint density at radius 1 is 1.12 bits per heavy atom. The van der Waals surface area contributed by atoms with E-state index in [1.54, 1.807) is 32.0 Å². The fraction of sp³-hybridized carbons (Fsp3) is 0.292. The quantitative estimate of drug-likeness (QED) is 0.462. The minimum atomic E-state index is -3.73. The summed E-state index contributed by atoms with van der Waals surface area (Å²) in [5, 5.41) is 5.27. The molecule has 3 aromatic rings. The lowest BCUT2D eigenvalue weighted by molar-refractivity contribution is -0.122. The summed E-state index contributed by atoms with van der Waals surface area (Å²) in [5.74, 6) is 0.343. The molecule has 0 heterocycles. The standard InChI is InChI=1S/C24H27ClN2O4S/c1-4-21(27(32(3,29)30)22-16-19(25)13-12-17(22)2)24(28)26-14-15-31-23-11-7-9-18-8-5-6-10-20(18)23/h5-13,16,21H,4,14-15H2,1-3H3,(H,26,28)/t21-/m1/s1. The smallest absolute Gasteiger partial charge is 0.244 e. The largest absolute Gasteiger partial charge is 0.491 e. The highest BCUT2D eigenvalue weighted by Crippen LogP contribution is 2.29. The summed E-state index contributed by atoms with van der Waals surface area (Å²) in [6.07, 6.45) is 1.39. The molecule has 0 aliphatic rings. The Morgan fingerprint density at radius 2 is 1.84 bits per heavy atom. The van der Waals surface area contributed by atoms with Crippen LogP contribution in [-0.4, -0.2) is 39.8 Å². The summed E-state index contributed by atoms with van der Waals surface area (Å²) >= 11 is 6.10. The highest BCUT2D eigenvalue weighted by Gasteiger charge is 2.32. The summed E-state index contributed by atoms with van der Waals surface area (Å²) in [7, 11) is -3.73. The molecule has 0 unspecified atom stereocenters. The molecular weight excluding hydrogens is 448 g/mol. The number of fused-ring (bicyclic) bond motifs is 1. The topological polar surface area (TPSA) is 75.7 Å². The van der Waals surface area contributed by atoms with E-state index < -0.39 is 16.1 Å². The van der Waals surface area contributed by atoms with Crippen molar-refractivity contribution in [3.63, 3.8) is 0 Å². The maximum Gasteiger partial charge on any atom is 0.244 e. The Labute approximate surface area is 194 Å². The van der Waals surface area contributed by atoms with Crippen molar-refractivity contribution in [2.24, 2.45) is 0 Å². The maximum atomic E-state index is 12.9. The lowest BCUT2D eigenvalue weighted by Crippen LogP contribution is -2.50. The third-order valence-corrected chi connectivity index (χ3v) is 6.55. The lowest BCUT2D eigenvalue weighted by atomic mass is 10.1. The summed E-state index contributed by atoms with van der Waals surface area (Å²) < 4.78 is 32.2. The van der Waals surface area contributed by atoms with E-state index in [1.165, 1.54) is 0 Å². The molecule has 6 nitrogen and oxygen atoms in total. The second-order valence-electron chi connectivity index (χ2n) is 7.53. The summed E-state index contributed by atoms with van der Waals surface area (Å²) in [4.78, 5) is 12.9. The minimum Gasteiger partial charge on any atom is -0.491 e. The van der Waals surface area contributed by atoms with Gasteiger partial charge in [-0.25, -0.2) is 8.42 Å². The number of aryl methyl sites for hydroxylation is 1. The Bertz CT molecular complexity index is 1210. The number of carbonyl (C=O) groups is 1. The van der Waals surface area contributed by atoms with Gasteiger partial charge in [0.2, 0.25) is 15.9 Å². The molecule has 0 fully saturated rings. The fourth-order valence-electron chi connectivity index (χ4n) is 3.63. The number of nitrogens with one attached hydrogen (secondary N) is 1. The van der Waals surface area contributed by atoms with Gasteiger partial charge >= 0.3 is 0 Å². The molecule has 0 aliphatic heterocycles. The molecule has 32 heavy (non-hydrogen) atoms. The van der Waals surface area contributed by atoms with Crippen molar-refractivity contribution in [1.82, 2.24) is 5.32 Å². The molecule has 0 bridgehead atoms. The van der Waals surface area contributed by atoms with Crippen molar-refractivity contribution < 1.29 is 17.9 Å². The van der Waals surface area contributed by atoms with Crippen LogP contribution in [0.3, 0.4) is 0 Å². The van der Waals surface area contributed by atoms with Crippen molar-refractivity contribution in [2.75, 3.05) is 23.7 Å². The molecule has 0 spiro atoms. The monoisotopic (exact) mass is 474 g/mol. The highest BCUT2D eigenvalue weighted by molar-refractivity contribution is 7.92. The van der Waals surface area contributed by atoms with E-state index in [0.29, 0.717) is 22.7 Å². The number of rotatable bonds is 9. The van der Waals surface area contributed by atoms with Crippen LogP contribution in [0.15, 0.2) is 60.7 Å². The van der Waals surface area contributed by atoms with Crippen molar-refractivity contribution in [3.8, 4) is 5.75 Å². The second kappa shape index (κ2) is 10.2. The van der Waals surface area contributed by atoms with E-state index in [1.807, 2.05) is 42.5 Å². The fourth-order valence-corrected chi connectivity index (χ4v) is 5.06. The molecule has 0 saturated heterocycles. The summed E-state index contributed by atoms with van der Waals surface area (Å²) in [6, 6.07) is 17.8. The van der Waals surface area contributed by atoms with Gasteiger partial charge in [0.1, 0.15) is 18.4 Å². The molecule has 1 atom stereocenters. The molecule has 0 saturated carbocycles. The van der Waals surface area contributed by atoms with Gasteiger partial charge in [0, 0.05) is 10.4 Å². The maximum absolute atomic E-state index is 12.9. The normalized spacial score (nSPS) is 12.4. The van der Waals surface area contributed by atoms with Crippen molar-refractivity contribution in [1.29, 1.82) is 0 Å². The molecule has 170 valence electrons. The van der Waals surface area contributed by atoms with Crippen LogP contribution < -0.4 is 14.4 Å². The van der Waals surface area contributed by atoms with Crippen molar-refractivity contribution in [3.05, 3.63) is 71.2 Å². The van der Waals surface area contributed by atoms with Gasteiger partial charge < -0.3 is 10.1 Å². The number of nitrogens with zero attached hydrogens (tertiary/aromatic N) is 1. The molecule has 8 heteroatoms. The number of benzene rings is 3. The van der Waals surface area contributed by atoms with E-state index in [-0.39, 0.29) is 19.1 Å². The third-order valence-electron chi connectivity index (χ3n) is 5.15. The van der Waals surface area contributed by atoms with E-state index >= 15 is 0 Å². The van der Waals surface area contributed by atoms with Crippen LogP contribution >= 0.6 is 11.6 Å². The first-order chi connectivity index (χ1) is 15.2. The van der Waals surface area contributed by atoms with Crippen LogP contribution in [0.1, 0.15) is 18.9 Å². The molecule has 1 amide bonds. The van der Waals surface area contributed by atoms with Gasteiger partial charge in [-0.2, -0.15) is 0 Å². The Balaban J connectivity index is 1.71. The first-order valence-electron chi connectivity index (χ1n) is 10.4. The number of hydrogen-bond acceptors (Lipinski definition) is 4. The Kier molecular flexibility index (Phi) is 7.64. The SMILES string of the molecule is CC[C@H](C(=O)NCCOc1cccc2ccccc12)N(c1cc(Cl)ccc1C)S(C)(=O)=O.